The Morgan fingerprint density at radius 1 is 0.847 bits per heavy atom. The molecule has 0 saturated carbocycles. The number of amides is 1. The molecule has 0 radical (unpaired) electrons. The maximum atomic E-state index is 13.1. The summed E-state index contributed by atoms with van der Waals surface area (Å²) in [6.45, 7) is 22.3. The molecule has 1 heterocycles. The topological polar surface area (TPSA) is 166 Å². The van der Waals surface area contributed by atoms with Gasteiger partial charge in [0.1, 0.15) is 38.6 Å². The van der Waals surface area contributed by atoms with Crippen LogP contribution in [0.25, 0.3) is 4.85 Å². The van der Waals surface area contributed by atoms with E-state index in [9.17, 15) is 24.0 Å². The Hall–Kier alpha value is -2.17. The Bertz CT molecular complexity index is 1350. The molecular formula is C42H70N2O12S3. The minimum Gasteiger partial charge on any atom is -0.462 e. The average molecular weight is 891 g/mol. The number of unbranched alkanes of at least 4 members (excludes halogenated alkanes) is 3. The predicted octanol–water partition coefficient (Wildman–Crippen LogP) is 7.07. The van der Waals surface area contributed by atoms with Gasteiger partial charge in [-0.2, -0.15) is 0 Å². The second-order valence-corrected chi connectivity index (χ2v) is 19.2. The average Bonchev–Trinajstić information content (AvgIpc) is 3.17. The molecule has 338 valence electrons. The van der Waals surface area contributed by atoms with Gasteiger partial charge in [0.05, 0.1) is 39.0 Å². The Balaban J connectivity index is 2.26. The van der Waals surface area contributed by atoms with Gasteiger partial charge in [-0.25, -0.2) is 6.57 Å². The molecule has 1 fully saturated rings. The quantitative estimate of drug-likeness (QED) is 0.0315. The summed E-state index contributed by atoms with van der Waals surface area (Å²) in [6, 6.07) is -0.607. The lowest BCUT2D eigenvalue weighted by atomic mass is 9.85. The number of methoxy groups -OCH3 is 1. The molecule has 1 saturated heterocycles. The van der Waals surface area contributed by atoms with Crippen LogP contribution in [0, 0.1) is 12.5 Å². The van der Waals surface area contributed by atoms with Crippen LogP contribution in [0.3, 0.4) is 0 Å². The van der Waals surface area contributed by atoms with Crippen LogP contribution >= 0.6 is 35.7 Å². The van der Waals surface area contributed by atoms with Crippen LogP contribution in [0.2, 0.25) is 0 Å². The fraction of sp³-hybridized carbons (Fsp3) is 0.833. The number of carbonyl (C=O) groups is 5. The third-order valence-corrected chi connectivity index (χ3v) is 12.5. The van der Waals surface area contributed by atoms with Crippen LogP contribution < -0.4 is 5.32 Å². The number of esters is 2. The van der Waals surface area contributed by atoms with Crippen molar-refractivity contribution in [1.82, 2.24) is 5.32 Å². The van der Waals surface area contributed by atoms with Crippen LogP contribution in [-0.4, -0.2) is 127 Å². The first-order valence-corrected chi connectivity index (χ1v) is 23.1. The van der Waals surface area contributed by atoms with Crippen molar-refractivity contribution in [2.75, 3.05) is 59.1 Å². The van der Waals surface area contributed by atoms with Crippen molar-refractivity contribution < 1.29 is 57.1 Å². The van der Waals surface area contributed by atoms with Gasteiger partial charge in [0, 0.05) is 79.1 Å². The fourth-order valence-electron chi connectivity index (χ4n) is 6.72. The van der Waals surface area contributed by atoms with Crippen LogP contribution in [0.15, 0.2) is 0 Å². The molecule has 0 aromatic carbocycles. The van der Waals surface area contributed by atoms with E-state index >= 15 is 0 Å². The number of carbonyl (C=O) groups excluding carboxylic acids is 5. The third-order valence-electron chi connectivity index (χ3n) is 9.86. The summed E-state index contributed by atoms with van der Waals surface area (Å²) in [5.41, 5.74) is -0.959. The maximum Gasteiger partial charge on any atom is 0.322 e. The van der Waals surface area contributed by atoms with E-state index in [2.05, 4.69) is 10.2 Å². The zero-order valence-electron chi connectivity index (χ0n) is 36.6. The number of nitrogens with zero attached hydrogens (tertiary/aromatic N) is 1. The molecule has 14 nitrogen and oxygen atoms in total. The first-order valence-electron chi connectivity index (χ1n) is 20.8. The van der Waals surface area contributed by atoms with E-state index < -0.39 is 40.7 Å². The van der Waals surface area contributed by atoms with Gasteiger partial charge in [-0.1, -0.05) is 57.6 Å². The minimum absolute atomic E-state index is 0.0297. The number of thioether (sulfide) groups is 2. The molecule has 0 spiro atoms. The van der Waals surface area contributed by atoms with E-state index in [0.29, 0.717) is 75.1 Å². The lowest BCUT2D eigenvalue weighted by Gasteiger charge is -2.44. The molecule has 0 aromatic rings. The van der Waals surface area contributed by atoms with Crippen LogP contribution in [0.1, 0.15) is 126 Å². The van der Waals surface area contributed by atoms with Crippen molar-refractivity contribution in [1.29, 1.82) is 0 Å². The molecule has 7 atom stereocenters. The van der Waals surface area contributed by atoms with Crippen LogP contribution in [-0.2, 0) is 57.1 Å². The number of hydrogen-bond acceptors (Lipinski definition) is 15. The molecule has 0 bridgehead atoms. The lowest BCUT2D eigenvalue weighted by molar-refractivity contribution is -0.253. The largest absolute Gasteiger partial charge is 0.462 e. The van der Waals surface area contributed by atoms with Gasteiger partial charge in [0.25, 0.3) is 0 Å². The Labute approximate surface area is 366 Å². The van der Waals surface area contributed by atoms with Gasteiger partial charge >= 0.3 is 11.9 Å². The Morgan fingerprint density at radius 2 is 1.51 bits per heavy atom. The van der Waals surface area contributed by atoms with Crippen molar-refractivity contribution >= 4 is 68.7 Å². The second-order valence-electron chi connectivity index (χ2n) is 15.2. The normalized spacial score (nSPS) is 21.0. The highest BCUT2D eigenvalue weighted by atomic mass is 32.2. The summed E-state index contributed by atoms with van der Waals surface area (Å²) >= 11 is 8.17. The molecular weight excluding hydrogens is 821 g/mol. The molecule has 0 aromatic heterocycles. The SMILES string of the molecule is [C-]#[N+]C(C)(CCC(=O)CCCOCCOCCC(=O)CCCCCCO[C@@H]1O[C@H](CC)[C@H](C)[C@H](OC(C)=O)[C@H]1NC(C)=O)CC(C)(SC(=S)SCC)C(=O)OCCOC. The first kappa shape index (κ1) is 54.8. The van der Waals surface area contributed by atoms with Gasteiger partial charge in [-0.05, 0) is 38.4 Å². The van der Waals surface area contributed by atoms with E-state index in [1.165, 1.54) is 44.5 Å². The van der Waals surface area contributed by atoms with Crippen molar-refractivity contribution in [3.8, 4) is 0 Å². The van der Waals surface area contributed by atoms with Gasteiger partial charge < -0.3 is 43.3 Å². The van der Waals surface area contributed by atoms with Gasteiger partial charge in [0.2, 0.25) is 11.4 Å². The van der Waals surface area contributed by atoms with Crippen LogP contribution in [0.5, 0.6) is 0 Å². The summed E-state index contributed by atoms with van der Waals surface area (Å²) in [5.74, 6) is -0.304. The molecule has 1 rings (SSSR count). The molecule has 0 aliphatic carbocycles. The van der Waals surface area contributed by atoms with E-state index in [1.807, 2.05) is 20.8 Å². The number of ketones is 2. The molecule has 1 aliphatic rings. The predicted molar refractivity (Wildman–Crippen MR) is 234 cm³/mol. The highest BCUT2D eigenvalue weighted by Gasteiger charge is 2.48. The molecule has 59 heavy (non-hydrogen) atoms. The summed E-state index contributed by atoms with van der Waals surface area (Å²) in [4.78, 5) is 65.7. The number of thiocarbonyl (C=S) groups is 1. The standard InChI is InChI=1S/C42H70N2O12S3/c1-10-35-30(3)37(55-32(5)46)36(44-31(4)45)38(56-35)53-23-15-13-12-14-17-34(48)20-24-52-27-26-51-22-16-18-33(47)19-21-41(6,43-8)29-42(7,59-40(57)58-11-2)39(49)54-28-25-50-9/h30,35-38H,10-29H2,1-7,9H3,(H,44,45)/t30-,35+,36+,37-,38+,41?,42?/m0/s1. The van der Waals surface area contributed by atoms with Gasteiger partial charge in [0.15, 0.2) is 6.29 Å². The van der Waals surface area contributed by atoms with Crippen LogP contribution in [0.4, 0.5) is 0 Å². The molecule has 1 amide bonds. The molecule has 1 aliphatic heterocycles. The number of ether oxygens (including phenoxy) is 7. The van der Waals surface area contributed by atoms with E-state index in [1.54, 1.807) is 13.8 Å². The molecule has 1 N–H and O–H groups in total. The zero-order chi connectivity index (χ0) is 44.3. The summed E-state index contributed by atoms with van der Waals surface area (Å²) in [7, 11) is 1.52. The first-order chi connectivity index (χ1) is 28.0. The maximum absolute atomic E-state index is 13.1. The fourth-order valence-corrected chi connectivity index (χ4v) is 9.90. The summed E-state index contributed by atoms with van der Waals surface area (Å²) in [5, 5.41) is 2.85. The van der Waals surface area contributed by atoms with E-state index in [-0.39, 0.29) is 55.6 Å². The summed E-state index contributed by atoms with van der Waals surface area (Å²) < 4.78 is 38.9. The Morgan fingerprint density at radius 3 is 2.14 bits per heavy atom. The van der Waals surface area contributed by atoms with E-state index in [4.69, 9.17) is 51.9 Å². The monoisotopic (exact) mass is 890 g/mol. The molecule has 2 unspecified atom stereocenters. The van der Waals surface area contributed by atoms with Crippen molar-refractivity contribution in [3.63, 3.8) is 0 Å². The van der Waals surface area contributed by atoms with Crippen molar-refractivity contribution in [2.45, 2.75) is 160 Å². The summed E-state index contributed by atoms with van der Waals surface area (Å²) in [6.07, 6.45) is 4.91. The van der Waals surface area contributed by atoms with Gasteiger partial charge in [-0.3, -0.25) is 24.0 Å². The highest BCUT2D eigenvalue weighted by molar-refractivity contribution is 8.47. The number of rotatable bonds is 32. The van der Waals surface area contributed by atoms with Crippen molar-refractivity contribution in [3.05, 3.63) is 11.4 Å². The smallest absolute Gasteiger partial charge is 0.322 e. The van der Waals surface area contributed by atoms with Crippen molar-refractivity contribution in [2.24, 2.45) is 5.92 Å². The van der Waals surface area contributed by atoms with Gasteiger partial charge in [-0.15, -0.1) is 11.8 Å². The number of nitrogens with one attached hydrogen (secondary N) is 1. The minimum atomic E-state index is -1.08. The number of Topliss-reactive ketones (excluding diaryl/α,β-unsaturated/α-hetero) is 2. The highest BCUT2D eigenvalue weighted by Crippen LogP contribution is 2.41. The zero-order valence-corrected chi connectivity index (χ0v) is 39.0. The molecule has 17 heteroatoms. The third kappa shape index (κ3) is 23.0. The van der Waals surface area contributed by atoms with E-state index in [0.717, 1.165) is 31.4 Å². The Kier molecular flexibility index (Phi) is 28.6. The number of hydrogen-bond donors (Lipinski definition) is 1. The second kappa shape index (κ2) is 30.8. The lowest BCUT2D eigenvalue weighted by Crippen LogP contribution is -2.62.